The summed E-state index contributed by atoms with van der Waals surface area (Å²) in [6, 6.07) is 23.9. The molecule has 1 amide bonds. The molecule has 4 aromatic carbocycles. The molecule has 12 heteroatoms. The van der Waals surface area contributed by atoms with Crippen molar-refractivity contribution >= 4 is 38.7 Å². The normalized spacial score (nSPS) is 15.7. The van der Waals surface area contributed by atoms with Gasteiger partial charge in [-0.25, -0.2) is 8.42 Å². The Morgan fingerprint density at radius 3 is 1.98 bits per heavy atom. The number of ether oxygens (including phenoxy) is 3. The number of hydrogen-bond donors (Lipinski definition) is 5. The second-order valence-corrected chi connectivity index (χ2v) is 11.5. The van der Waals surface area contributed by atoms with Crippen molar-refractivity contribution in [3.8, 4) is 17.2 Å². The van der Waals surface area contributed by atoms with Crippen LogP contribution in [0.15, 0.2) is 89.8 Å². The van der Waals surface area contributed by atoms with Crippen LogP contribution in [0, 0.1) is 6.92 Å². The van der Waals surface area contributed by atoms with Gasteiger partial charge in [0, 0.05) is 35.1 Å². The Morgan fingerprint density at radius 2 is 1.37 bits per heavy atom. The summed E-state index contributed by atoms with van der Waals surface area (Å²) in [6.45, 7) is 1.89. The molecule has 0 saturated carbocycles. The summed E-state index contributed by atoms with van der Waals surface area (Å²) >= 11 is 0. The van der Waals surface area contributed by atoms with Gasteiger partial charge in [0.25, 0.3) is 5.91 Å². The van der Waals surface area contributed by atoms with Crippen molar-refractivity contribution in [1.29, 1.82) is 0 Å². The van der Waals surface area contributed by atoms with Gasteiger partial charge in [0.15, 0.2) is 0 Å². The van der Waals surface area contributed by atoms with Crippen LogP contribution in [-0.2, 0) is 10.0 Å². The van der Waals surface area contributed by atoms with Crippen LogP contribution in [-0.4, -0.2) is 48.0 Å². The van der Waals surface area contributed by atoms with Crippen LogP contribution in [0.25, 0.3) is 0 Å². The maximum Gasteiger partial charge on any atom is 0.255 e. The second kappa shape index (κ2) is 12.5. The third-order valence-electron chi connectivity index (χ3n) is 6.93. The number of para-hydroxylation sites is 2. The van der Waals surface area contributed by atoms with E-state index >= 15 is 0 Å². The summed E-state index contributed by atoms with van der Waals surface area (Å²) in [4.78, 5) is 12.8. The Hall–Kier alpha value is -4.94. The lowest BCUT2D eigenvalue weighted by Gasteiger charge is -2.37. The van der Waals surface area contributed by atoms with Gasteiger partial charge in [-0.1, -0.05) is 18.2 Å². The number of nitrogens with one attached hydrogen (secondary N) is 5. The molecule has 0 spiro atoms. The Kier molecular flexibility index (Phi) is 8.60. The van der Waals surface area contributed by atoms with Crippen molar-refractivity contribution in [3.63, 3.8) is 0 Å². The minimum Gasteiger partial charge on any atom is -0.497 e. The van der Waals surface area contributed by atoms with Crippen LogP contribution < -0.4 is 40.2 Å². The van der Waals surface area contributed by atoms with E-state index in [1.165, 1.54) is 24.3 Å². The zero-order valence-electron chi connectivity index (χ0n) is 24.1. The molecular weight excluding hydrogens is 570 g/mol. The molecule has 0 saturated heterocycles. The fraction of sp³-hybridized carbons (Fsp3) is 0.194. The summed E-state index contributed by atoms with van der Waals surface area (Å²) in [5, 5.41) is 12.8. The second-order valence-electron chi connectivity index (χ2n) is 9.82. The molecule has 5 N–H and O–H groups in total. The lowest BCUT2D eigenvalue weighted by atomic mass is 10.1. The predicted octanol–water partition coefficient (Wildman–Crippen LogP) is 4.85. The smallest absolute Gasteiger partial charge is 0.255 e. The van der Waals surface area contributed by atoms with Crippen LogP contribution in [0.1, 0.15) is 15.9 Å². The Labute approximate surface area is 250 Å². The number of anilines is 4. The first-order valence-electron chi connectivity index (χ1n) is 13.4. The third kappa shape index (κ3) is 6.76. The molecule has 0 bridgehead atoms. The van der Waals surface area contributed by atoms with E-state index in [1.807, 2.05) is 31.2 Å². The highest BCUT2D eigenvalue weighted by Crippen LogP contribution is 2.31. The number of hydrogen-bond acceptors (Lipinski definition) is 9. The van der Waals surface area contributed by atoms with Crippen LogP contribution in [0.4, 0.5) is 22.7 Å². The topological polar surface area (TPSA) is 139 Å². The first-order chi connectivity index (χ1) is 20.7. The average Bonchev–Trinajstić information content (AvgIpc) is 3.01. The largest absolute Gasteiger partial charge is 0.497 e. The molecule has 0 aromatic heterocycles. The molecular formula is C31H33N5O6S. The molecule has 1 aliphatic rings. The number of carbonyl (C=O) groups excluding carboxylic acids is 1. The van der Waals surface area contributed by atoms with Crippen LogP contribution in [0.5, 0.6) is 17.2 Å². The van der Waals surface area contributed by atoms with E-state index in [2.05, 4.69) is 26.0 Å². The quantitative estimate of drug-likeness (QED) is 0.172. The van der Waals surface area contributed by atoms with Gasteiger partial charge < -0.3 is 35.5 Å². The molecule has 43 heavy (non-hydrogen) atoms. The number of rotatable bonds is 10. The van der Waals surface area contributed by atoms with E-state index in [0.717, 1.165) is 16.9 Å². The molecule has 11 nitrogen and oxygen atoms in total. The summed E-state index contributed by atoms with van der Waals surface area (Å²) in [5.74, 6) is 1.42. The van der Waals surface area contributed by atoms with Gasteiger partial charge in [-0.2, -0.15) is 4.72 Å². The summed E-state index contributed by atoms with van der Waals surface area (Å²) in [7, 11) is 0.665. The van der Waals surface area contributed by atoms with Gasteiger partial charge >= 0.3 is 0 Å². The molecule has 2 unspecified atom stereocenters. The van der Waals surface area contributed by atoms with E-state index in [9.17, 15) is 13.2 Å². The number of benzene rings is 4. The molecule has 224 valence electrons. The van der Waals surface area contributed by atoms with Crippen LogP contribution >= 0.6 is 0 Å². The SMILES string of the molecule is COc1cc(NC2Nc3ccccc3NC2NS(=O)(=O)c2ccc(NC(=O)c3ccc(C)c(OC)c3)cc2)cc(OC)c1. The monoisotopic (exact) mass is 603 g/mol. The lowest BCUT2D eigenvalue weighted by Crippen LogP contribution is -2.56. The zero-order valence-corrected chi connectivity index (χ0v) is 24.9. The van der Waals surface area contributed by atoms with E-state index in [0.29, 0.717) is 34.2 Å². The Bertz CT molecular complexity index is 1710. The highest BCUT2D eigenvalue weighted by atomic mass is 32.2. The minimum absolute atomic E-state index is 0.0324. The number of amides is 1. The molecule has 1 aliphatic heterocycles. The van der Waals surface area contributed by atoms with E-state index in [4.69, 9.17) is 14.2 Å². The number of fused-ring (bicyclic) bond motifs is 1. The van der Waals surface area contributed by atoms with Gasteiger partial charge in [0.1, 0.15) is 29.6 Å². The maximum atomic E-state index is 13.5. The van der Waals surface area contributed by atoms with Crippen molar-refractivity contribution in [2.24, 2.45) is 0 Å². The van der Waals surface area contributed by atoms with E-state index in [1.54, 1.807) is 57.7 Å². The van der Waals surface area contributed by atoms with E-state index < -0.39 is 22.4 Å². The van der Waals surface area contributed by atoms with Gasteiger partial charge in [0.05, 0.1) is 37.6 Å². The molecule has 4 aromatic rings. The fourth-order valence-electron chi connectivity index (χ4n) is 4.64. The van der Waals surface area contributed by atoms with Crippen LogP contribution in [0.2, 0.25) is 0 Å². The number of aryl methyl sites for hydroxylation is 1. The molecule has 0 fully saturated rings. The Morgan fingerprint density at radius 1 is 0.744 bits per heavy atom. The van der Waals surface area contributed by atoms with E-state index in [-0.39, 0.29) is 10.8 Å². The molecule has 0 aliphatic carbocycles. The standard InChI is InChI=1S/C31H33N5O6S/c1-19-9-10-20(15-28(19)42-4)31(37)33-21-11-13-25(14-12-21)43(38,39)36-30-29(34-26-7-5-6-8-27(26)35-30)32-22-16-23(40-2)18-24(17-22)41-3/h5-18,29-30,32,34-36H,1-4H3,(H,33,37). The van der Waals surface area contributed by atoms with Crippen molar-refractivity contribution in [3.05, 3.63) is 96.1 Å². The summed E-state index contributed by atoms with van der Waals surface area (Å²) in [5.41, 5.74) is 3.97. The van der Waals surface area contributed by atoms with Crippen molar-refractivity contribution < 1.29 is 27.4 Å². The zero-order chi connectivity index (χ0) is 30.6. The van der Waals surface area contributed by atoms with Crippen molar-refractivity contribution in [1.82, 2.24) is 4.72 Å². The summed E-state index contributed by atoms with van der Waals surface area (Å²) in [6.07, 6.45) is -1.40. The lowest BCUT2D eigenvalue weighted by molar-refractivity contribution is 0.102. The maximum absolute atomic E-state index is 13.5. The van der Waals surface area contributed by atoms with Crippen molar-refractivity contribution in [2.45, 2.75) is 24.2 Å². The van der Waals surface area contributed by atoms with Crippen molar-refractivity contribution in [2.75, 3.05) is 42.6 Å². The van der Waals surface area contributed by atoms with Gasteiger partial charge in [0.2, 0.25) is 10.0 Å². The molecule has 5 rings (SSSR count). The number of methoxy groups -OCH3 is 3. The Balaban J connectivity index is 1.34. The highest BCUT2D eigenvalue weighted by molar-refractivity contribution is 7.89. The number of carbonyl (C=O) groups is 1. The van der Waals surface area contributed by atoms with Gasteiger partial charge in [-0.15, -0.1) is 0 Å². The first-order valence-corrected chi connectivity index (χ1v) is 14.9. The predicted molar refractivity (Wildman–Crippen MR) is 167 cm³/mol. The molecule has 2 atom stereocenters. The summed E-state index contributed by atoms with van der Waals surface area (Å²) < 4.78 is 45.9. The van der Waals surface area contributed by atoms with Gasteiger partial charge in [-0.3, -0.25) is 4.79 Å². The third-order valence-corrected chi connectivity index (χ3v) is 8.39. The first kappa shape index (κ1) is 29.5. The number of sulfonamides is 1. The molecule has 1 heterocycles. The van der Waals surface area contributed by atoms with Gasteiger partial charge in [-0.05, 0) is 61.0 Å². The highest BCUT2D eigenvalue weighted by Gasteiger charge is 2.32. The average molecular weight is 604 g/mol. The fourth-order valence-corrected chi connectivity index (χ4v) is 5.80. The minimum atomic E-state index is -4.00. The molecule has 0 radical (unpaired) electrons. The van der Waals surface area contributed by atoms with Crippen LogP contribution in [0.3, 0.4) is 0 Å².